The van der Waals surface area contributed by atoms with Gasteiger partial charge in [0.1, 0.15) is 13.2 Å². The molecule has 0 spiro atoms. The first-order chi connectivity index (χ1) is 10.7. The number of benzene rings is 1. The maximum atomic E-state index is 12.3. The van der Waals surface area contributed by atoms with Crippen LogP contribution in [0.25, 0.3) is 5.57 Å². The van der Waals surface area contributed by atoms with Gasteiger partial charge in [-0.05, 0) is 12.1 Å². The number of allylic oxidation sites excluding steroid dienone is 4. The van der Waals surface area contributed by atoms with E-state index in [0.29, 0.717) is 11.3 Å². The van der Waals surface area contributed by atoms with Crippen LogP contribution in [0.4, 0.5) is 5.69 Å². The number of nitrogens with zero attached hydrogens (tertiary/aromatic N) is 1. The zero-order chi connectivity index (χ0) is 15.5. The minimum absolute atomic E-state index is 0.129. The van der Waals surface area contributed by atoms with Crippen molar-refractivity contribution in [2.24, 2.45) is 4.99 Å². The highest BCUT2D eigenvalue weighted by Crippen LogP contribution is 2.39. The lowest BCUT2D eigenvalue weighted by Crippen LogP contribution is -2.30. The minimum atomic E-state index is -0.505. The molecule has 1 heterocycles. The molecule has 0 fully saturated rings. The number of para-hydroxylation sites is 1. The lowest BCUT2D eigenvalue weighted by Gasteiger charge is -2.08. The van der Waals surface area contributed by atoms with E-state index < -0.39 is 5.97 Å². The third-order valence-corrected chi connectivity index (χ3v) is 3.35. The highest BCUT2D eigenvalue weighted by Gasteiger charge is 2.25. The molecule has 0 aromatic heterocycles. The molecule has 1 aliphatic heterocycles. The molecule has 0 atom stereocenters. The molecule has 5 nitrogen and oxygen atoms in total. The van der Waals surface area contributed by atoms with Gasteiger partial charge in [0.15, 0.2) is 0 Å². The van der Waals surface area contributed by atoms with Crippen LogP contribution in [0.1, 0.15) is 15.9 Å². The summed E-state index contributed by atoms with van der Waals surface area (Å²) >= 11 is 0. The van der Waals surface area contributed by atoms with Crippen LogP contribution in [0.15, 0.2) is 54.1 Å². The van der Waals surface area contributed by atoms with E-state index in [1.807, 2.05) is 24.3 Å². The van der Waals surface area contributed by atoms with Gasteiger partial charge in [0.25, 0.3) is 5.91 Å². The predicted molar refractivity (Wildman–Crippen MR) is 84.1 cm³/mol. The third kappa shape index (κ3) is 2.48. The number of ether oxygens (including phenoxy) is 1. The Balaban J connectivity index is 1.74. The number of rotatable bonds is 5. The van der Waals surface area contributed by atoms with E-state index in [4.69, 9.17) is 4.74 Å². The Morgan fingerprint density at radius 1 is 1.36 bits per heavy atom. The fourth-order valence-electron chi connectivity index (χ4n) is 2.37. The summed E-state index contributed by atoms with van der Waals surface area (Å²) < 4.78 is 4.81. The molecule has 0 saturated carbocycles. The van der Waals surface area contributed by atoms with Gasteiger partial charge in [-0.3, -0.25) is 9.59 Å². The van der Waals surface area contributed by atoms with E-state index in [-0.39, 0.29) is 19.1 Å². The number of aliphatic imine (C=N–C) groups is 1. The van der Waals surface area contributed by atoms with Crippen LogP contribution in [0.3, 0.4) is 0 Å². The topological polar surface area (TPSA) is 67.8 Å². The summed E-state index contributed by atoms with van der Waals surface area (Å²) in [4.78, 5) is 28.1. The van der Waals surface area contributed by atoms with Gasteiger partial charge in [-0.25, -0.2) is 4.99 Å². The second-order valence-electron chi connectivity index (χ2n) is 4.79. The average molecular weight is 294 g/mol. The maximum absolute atomic E-state index is 12.3. The highest BCUT2D eigenvalue weighted by molar-refractivity contribution is 6.36. The number of hydrogen-bond acceptors (Lipinski definition) is 4. The van der Waals surface area contributed by atoms with Crippen molar-refractivity contribution in [1.29, 1.82) is 0 Å². The van der Waals surface area contributed by atoms with E-state index in [1.54, 1.807) is 12.1 Å². The quantitative estimate of drug-likeness (QED) is 0.668. The summed E-state index contributed by atoms with van der Waals surface area (Å²) in [5.41, 5.74) is 3.91. The molecule has 1 aromatic carbocycles. The maximum Gasteiger partial charge on any atom is 0.325 e. The molecule has 1 N–H and O–H groups in total. The molecular weight excluding hydrogens is 280 g/mol. The fourth-order valence-corrected chi connectivity index (χ4v) is 2.37. The van der Waals surface area contributed by atoms with Gasteiger partial charge in [-0.2, -0.15) is 0 Å². The number of carbonyl (C=O) groups excluding carboxylic acids is 2. The van der Waals surface area contributed by atoms with Crippen LogP contribution >= 0.6 is 0 Å². The van der Waals surface area contributed by atoms with Gasteiger partial charge >= 0.3 is 5.97 Å². The number of nitrogens with one attached hydrogen (secondary N) is 1. The third-order valence-electron chi connectivity index (χ3n) is 3.35. The predicted octanol–water partition coefficient (Wildman–Crippen LogP) is 2.18. The normalized spacial score (nSPS) is 13.8. The first-order valence-electron chi connectivity index (χ1n) is 6.86. The Morgan fingerprint density at radius 2 is 2.23 bits per heavy atom. The van der Waals surface area contributed by atoms with Crippen molar-refractivity contribution in [1.82, 2.24) is 5.32 Å². The van der Waals surface area contributed by atoms with Gasteiger partial charge in [0, 0.05) is 11.1 Å². The lowest BCUT2D eigenvalue weighted by molar-refractivity contribution is -0.141. The average Bonchev–Trinajstić information content (AvgIpc) is 3.11. The van der Waals surface area contributed by atoms with E-state index in [9.17, 15) is 9.59 Å². The van der Waals surface area contributed by atoms with E-state index >= 15 is 0 Å². The largest absolute Gasteiger partial charge is 0.460 e. The van der Waals surface area contributed by atoms with Crippen molar-refractivity contribution < 1.29 is 14.3 Å². The van der Waals surface area contributed by atoms with Crippen LogP contribution in [0.5, 0.6) is 0 Å². The molecule has 1 aromatic rings. The Labute approximate surface area is 127 Å². The lowest BCUT2D eigenvalue weighted by atomic mass is 10.0. The molecule has 22 heavy (non-hydrogen) atoms. The van der Waals surface area contributed by atoms with Crippen LogP contribution in [0, 0.1) is 0 Å². The molecule has 110 valence electrons. The number of esters is 1. The second-order valence-corrected chi connectivity index (χ2v) is 4.79. The summed E-state index contributed by atoms with van der Waals surface area (Å²) in [6.07, 6.45) is 7.28. The van der Waals surface area contributed by atoms with E-state index in [1.165, 1.54) is 6.08 Å². The number of hydrogen-bond donors (Lipinski definition) is 1. The Bertz CT molecular complexity index is 757. The van der Waals surface area contributed by atoms with Gasteiger partial charge in [0.05, 0.1) is 17.0 Å². The van der Waals surface area contributed by atoms with Crippen molar-refractivity contribution in [3.8, 4) is 0 Å². The van der Waals surface area contributed by atoms with Gasteiger partial charge < -0.3 is 10.1 Å². The monoisotopic (exact) mass is 294 g/mol. The highest BCUT2D eigenvalue weighted by atomic mass is 16.5. The number of amides is 1. The van der Waals surface area contributed by atoms with Crippen LogP contribution in [-0.4, -0.2) is 30.7 Å². The smallest absolute Gasteiger partial charge is 0.325 e. The van der Waals surface area contributed by atoms with Crippen LogP contribution < -0.4 is 5.32 Å². The van der Waals surface area contributed by atoms with Crippen molar-refractivity contribution in [3.05, 3.63) is 60.2 Å². The summed E-state index contributed by atoms with van der Waals surface area (Å²) in [5, 5.41) is 2.55. The van der Waals surface area contributed by atoms with Gasteiger partial charge in [-0.15, -0.1) is 0 Å². The summed E-state index contributed by atoms with van der Waals surface area (Å²) in [7, 11) is 0. The van der Waals surface area contributed by atoms with Crippen molar-refractivity contribution >= 4 is 28.8 Å². The van der Waals surface area contributed by atoms with Crippen molar-refractivity contribution in [2.45, 2.75) is 0 Å². The Hall–Kier alpha value is -2.95. The molecular formula is C17H14N2O3. The zero-order valence-corrected chi connectivity index (χ0v) is 11.8. The Morgan fingerprint density at radius 3 is 3.05 bits per heavy atom. The summed E-state index contributed by atoms with van der Waals surface area (Å²) in [6.45, 7) is 3.40. The first-order valence-corrected chi connectivity index (χ1v) is 6.86. The van der Waals surface area contributed by atoms with Crippen LogP contribution in [0.2, 0.25) is 0 Å². The van der Waals surface area contributed by atoms with Gasteiger partial charge in [-0.1, -0.05) is 36.9 Å². The van der Waals surface area contributed by atoms with Gasteiger partial charge in [0.2, 0.25) is 0 Å². The molecule has 0 bridgehead atoms. The molecule has 0 saturated heterocycles. The molecule has 1 amide bonds. The molecule has 0 unspecified atom stereocenters. The summed E-state index contributed by atoms with van der Waals surface area (Å²) in [6, 6.07) is 5.43. The Kier molecular flexibility index (Phi) is 3.70. The fraction of sp³-hybridized carbons (Fsp3) is 0.118. The first kappa shape index (κ1) is 14.0. The number of fused-ring (bicyclic) bond motifs is 3. The second kappa shape index (κ2) is 5.81. The molecule has 0 radical (unpaired) electrons. The molecule has 3 rings (SSSR count). The minimum Gasteiger partial charge on any atom is -0.460 e. The number of carbonyl (C=O) groups is 2. The summed E-state index contributed by atoms with van der Waals surface area (Å²) in [5.74, 6) is -0.851. The van der Waals surface area contributed by atoms with Crippen LogP contribution in [-0.2, 0) is 9.53 Å². The molecule has 1 aliphatic carbocycles. The van der Waals surface area contributed by atoms with Crippen molar-refractivity contribution in [3.63, 3.8) is 0 Å². The standard InChI is InChI=1S/C17H14N2O3/c1-2-9-22-15(20)10-18-17(21)13-7-3-6-12-11-5-4-8-14(11)19-16(12)13/h2-8H,1,9-10H2,(H,18,21). The molecule has 2 aliphatic rings. The van der Waals surface area contributed by atoms with E-state index in [2.05, 4.69) is 16.9 Å². The van der Waals surface area contributed by atoms with E-state index in [0.717, 1.165) is 16.8 Å². The zero-order valence-electron chi connectivity index (χ0n) is 11.8. The van der Waals surface area contributed by atoms with Crippen molar-refractivity contribution in [2.75, 3.05) is 13.2 Å². The SMILES string of the molecule is C=CCOC(=O)CNC(=O)c1cccc2c1N=C1C=CC=C12. The molecule has 5 heteroatoms.